The van der Waals surface area contributed by atoms with Gasteiger partial charge < -0.3 is 15.1 Å². The van der Waals surface area contributed by atoms with E-state index in [4.69, 9.17) is 12.2 Å². The van der Waals surface area contributed by atoms with Crippen LogP contribution in [0.5, 0.6) is 0 Å². The highest BCUT2D eigenvalue weighted by atomic mass is 32.1. The van der Waals surface area contributed by atoms with Crippen LogP contribution in [0.3, 0.4) is 0 Å². The zero-order valence-electron chi connectivity index (χ0n) is 23.1. The SMILES string of the molecule is Cc1ccc(NC2CCN(C(=S)CCCN3CCN(c4ccc(C(C)(C)C)cc4)CC3)CC2)cc1C. The number of hydrogen-bond acceptors (Lipinski definition) is 4. The number of nitrogens with one attached hydrogen (secondary N) is 1. The van der Waals surface area contributed by atoms with Gasteiger partial charge in [-0.3, -0.25) is 4.90 Å². The molecule has 2 aliphatic rings. The van der Waals surface area contributed by atoms with E-state index < -0.39 is 0 Å². The van der Waals surface area contributed by atoms with Crippen molar-refractivity contribution in [2.45, 2.75) is 71.8 Å². The summed E-state index contributed by atoms with van der Waals surface area (Å²) >= 11 is 5.84. The summed E-state index contributed by atoms with van der Waals surface area (Å²) in [5.74, 6) is 0. The van der Waals surface area contributed by atoms with Crippen molar-refractivity contribution in [3.05, 3.63) is 59.2 Å². The van der Waals surface area contributed by atoms with Gasteiger partial charge >= 0.3 is 0 Å². The summed E-state index contributed by atoms with van der Waals surface area (Å²) in [6.07, 6.45) is 4.52. The van der Waals surface area contributed by atoms with E-state index >= 15 is 0 Å². The van der Waals surface area contributed by atoms with Gasteiger partial charge in [-0.15, -0.1) is 0 Å². The van der Waals surface area contributed by atoms with Crippen LogP contribution in [0, 0.1) is 13.8 Å². The predicted molar refractivity (Wildman–Crippen MR) is 160 cm³/mol. The largest absolute Gasteiger partial charge is 0.382 e. The monoisotopic (exact) mass is 506 g/mol. The van der Waals surface area contributed by atoms with E-state index in [0.717, 1.165) is 70.1 Å². The maximum absolute atomic E-state index is 5.84. The van der Waals surface area contributed by atoms with Crippen molar-refractivity contribution in [2.24, 2.45) is 0 Å². The lowest BCUT2D eigenvalue weighted by molar-refractivity contribution is 0.254. The number of anilines is 2. The fourth-order valence-corrected chi connectivity index (χ4v) is 5.68. The molecule has 2 heterocycles. The normalized spacial score (nSPS) is 17.9. The third-order valence-electron chi connectivity index (χ3n) is 8.06. The summed E-state index contributed by atoms with van der Waals surface area (Å²) in [5.41, 5.74) is 6.94. The topological polar surface area (TPSA) is 21.8 Å². The van der Waals surface area contributed by atoms with Gasteiger partial charge in [-0.25, -0.2) is 0 Å². The standard InChI is InChI=1S/C31H46N4S/c1-24-8-11-28(23-25(24)2)32-27-14-17-35(18-15-27)30(36)7-6-16-33-19-21-34(22-20-33)29-12-9-26(10-13-29)31(3,4)5/h8-13,23,27,32H,6-7,14-22H2,1-5H3. The van der Waals surface area contributed by atoms with Crippen LogP contribution in [0.2, 0.25) is 0 Å². The molecule has 196 valence electrons. The molecule has 5 heteroatoms. The quantitative estimate of drug-likeness (QED) is 0.437. The van der Waals surface area contributed by atoms with Gasteiger partial charge in [0.05, 0.1) is 4.99 Å². The fourth-order valence-electron chi connectivity index (χ4n) is 5.35. The van der Waals surface area contributed by atoms with Gasteiger partial charge in [0.25, 0.3) is 0 Å². The second kappa shape index (κ2) is 12.0. The minimum absolute atomic E-state index is 0.214. The van der Waals surface area contributed by atoms with E-state index in [2.05, 4.69) is 97.1 Å². The van der Waals surface area contributed by atoms with Crippen molar-refractivity contribution in [1.82, 2.24) is 9.80 Å². The van der Waals surface area contributed by atoms with Crippen LogP contribution in [-0.2, 0) is 5.41 Å². The first-order valence-electron chi connectivity index (χ1n) is 13.9. The van der Waals surface area contributed by atoms with Crippen LogP contribution in [0.15, 0.2) is 42.5 Å². The average Bonchev–Trinajstić information content (AvgIpc) is 2.87. The summed E-state index contributed by atoms with van der Waals surface area (Å²) < 4.78 is 0. The van der Waals surface area contributed by atoms with E-state index in [0.29, 0.717) is 6.04 Å². The molecule has 0 radical (unpaired) electrons. The highest BCUT2D eigenvalue weighted by molar-refractivity contribution is 7.80. The Hall–Kier alpha value is -2.11. The molecule has 2 fully saturated rings. The number of hydrogen-bond donors (Lipinski definition) is 1. The van der Waals surface area contributed by atoms with Gasteiger partial charge in [0.15, 0.2) is 0 Å². The first-order chi connectivity index (χ1) is 17.2. The Labute approximate surface area is 225 Å². The van der Waals surface area contributed by atoms with Crippen LogP contribution in [0.4, 0.5) is 11.4 Å². The molecule has 4 rings (SSSR count). The van der Waals surface area contributed by atoms with Crippen LogP contribution in [0.1, 0.15) is 63.1 Å². The molecular weight excluding hydrogens is 460 g/mol. The Kier molecular flexibility index (Phi) is 8.95. The van der Waals surface area contributed by atoms with Gasteiger partial charge in [-0.05, 0) is 92.4 Å². The van der Waals surface area contributed by atoms with Crippen molar-refractivity contribution < 1.29 is 0 Å². The molecule has 0 bridgehead atoms. The summed E-state index contributed by atoms with van der Waals surface area (Å²) in [7, 11) is 0. The second-order valence-electron chi connectivity index (χ2n) is 11.8. The summed E-state index contributed by atoms with van der Waals surface area (Å²) in [6.45, 7) is 19.0. The molecule has 2 aromatic carbocycles. The Morgan fingerprint density at radius 3 is 2.17 bits per heavy atom. The Morgan fingerprint density at radius 2 is 1.56 bits per heavy atom. The van der Waals surface area contributed by atoms with Crippen LogP contribution >= 0.6 is 12.2 Å². The van der Waals surface area contributed by atoms with E-state index in [1.54, 1.807) is 0 Å². The van der Waals surface area contributed by atoms with Gasteiger partial charge in [-0.2, -0.15) is 0 Å². The van der Waals surface area contributed by atoms with Crippen molar-refractivity contribution in [2.75, 3.05) is 56.0 Å². The lowest BCUT2D eigenvalue weighted by Crippen LogP contribution is -2.47. The first-order valence-corrected chi connectivity index (χ1v) is 14.3. The molecule has 0 aliphatic carbocycles. The van der Waals surface area contributed by atoms with Crippen molar-refractivity contribution >= 4 is 28.6 Å². The van der Waals surface area contributed by atoms with Gasteiger partial charge in [-0.1, -0.05) is 51.2 Å². The van der Waals surface area contributed by atoms with Crippen molar-refractivity contribution in [3.8, 4) is 0 Å². The second-order valence-corrected chi connectivity index (χ2v) is 12.3. The van der Waals surface area contributed by atoms with Gasteiger partial charge in [0.1, 0.15) is 0 Å². The van der Waals surface area contributed by atoms with Crippen LogP contribution in [-0.4, -0.2) is 66.6 Å². The Bertz CT molecular complexity index is 994. The molecule has 0 amide bonds. The minimum Gasteiger partial charge on any atom is -0.382 e. The van der Waals surface area contributed by atoms with E-state index in [1.165, 1.54) is 34.5 Å². The summed E-state index contributed by atoms with van der Waals surface area (Å²) in [6, 6.07) is 16.4. The van der Waals surface area contributed by atoms with Crippen LogP contribution < -0.4 is 10.2 Å². The Morgan fingerprint density at radius 1 is 0.889 bits per heavy atom. The third kappa shape index (κ3) is 7.23. The number of rotatable bonds is 7. The molecule has 0 aromatic heterocycles. The molecule has 0 saturated carbocycles. The van der Waals surface area contributed by atoms with Crippen molar-refractivity contribution in [1.29, 1.82) is 0 Å². The fraction of sp³-hybridized carbons (Fsp3) is 0.581. The third-order valence-corrected chi connectivity index (χ3v) is 8.52. The number of benzene rings is 2. The van der Waals surface area contributed by atoms with E-state index in [9.17, 15) is 0 Å². The number of piperazine rings is 1. The van der Waals surface area contributed by atoms with Gasteiger partial charge in [0, 0.05) is 56.7 Å². The zero-order valence-corrected chi connectivity index (χ0v) is 24.0. The molecule has 36 heavy (non-hydrogen) atoms. The molecule has 2 aliphatic heterocycles. The lowest BCUT2D eigenvalue weighted by Gasteiger charge is -2.37. The lowest BCUT2D eigenvalue weighted by atomic mass is 9.87. The zero-order chi connectivity index (χ0) is 25.7. The number of piperidine rings is 1. The number of nitrogens with zero attached hydrogens (tertiary/aromatic N) is 3. The molecule has 1 N–H and O–H groups in total. The first kappa shape index (κ1) is 26.9. The number of thiocarbonyl (C=S) groups is 1. The van der Waals surface area contributed by atoms with Crippen molar-refractivity contribution in [3.63, 3.8) is 0 Å². The van der Waals surface area contributed by atoms with Gasteiger partial charge in [0.2, 0.25) is 0 Å². The molecule has 0 spiro atoms. The Balaban J connectivity index is 1.12. The van der Waals surface area contributed by atoms with E-state index in [1.807, 2.05) is 0 Å². The highest BCUT2D eigenvalue weighted by Crippen LogP contribution is 2.26. The molecular formula is C31H46N4S. The van der Waals surface area contributed by atoms with Crippen LogP contribution in [0.25, 0.3) is 0 Å². The molecule has 2 saturated heterocycles. The number of aryl methyl sites for hydroxylation is 2. The number of likely N-dealkylation sites (tertiary alicyclic amines) is 1. The minimum atomic E-state index is 0.214. The summed E-state index contributed by atoms with van der Waals surface area (Å²) in [4.78, 5) is 8.76. The molecule has 0 unspecified atom stereocenters. The molecule has 0 atom stereocenters. The smallest absolute Gasteiger partial charge is 0.0779 e. The molecule has 4 nitrogen and oxygen atoms in total. The summed E-state index contributed by atoms with van der Waals surface area (Å²) in [5, 5.41) is 3.74. The highest BCUT2D eigenvalue weighted by Gasteiger charge is 2.22. The predicted octanol–water partition coefficient (Wildman–Crippen LogP) is 6.41. The maximum Gasteiger partial charge on any atom is 0.0779 e. The average molecular weight is 507 g/mol. The van der Waals surface area contributed by atoms with E-state index in [-0.39, 0.29) is 5.41 Å². The maximum atomic E-state index is 5.84. The molecule has 2 aromatic rings.